The lowest BCUT2D eigenvalue weighted by molar-refractivity contribution is 0.425. The molecule has 1 heterocycles. The largest absolute Gasteiger partial charge is 0.335 e. The van der Waals surface area contributed by atoms with E-state index < -0.39 is 0 Å². The Labute approximate surface area is 81.4 Å². The molecular formula is C7H14N4OS. The van der Waals surface area contributed by atoms with Gasteiger partial charge in [0.05, 0.1) is 5.75 Å². The van der Waals surface area contributed by atoms with Crippen molar-refractivity contribution in [3.63, 3.8) is 0 Å². The van der Waals surface area contributed by atoms with Gasteiger partial charge in [0.2, 0.25) is 0 Å². The van der Waals surface area contributed by atoms with E-state index in [2.05, 4.69) is 29.4 Å². The maximum Gasteiger partial charge on any atom is 0.335 e. The molecule has 3 N–H and O–H groups in total. The highest BCUT2D eigenvalue weighted by Crippen LogP contribution is 2.18. The van der Waals surface area contributed by atoms with Crippen molar-refractivity contribution in [3.05, 3.63) is 5.82 Å². The minimum atomic E-state index is 0.264. The molecule has 1 unspecified atom stereocenters. The molecule has 1 aromatic heterocycles. The Morgan fingerprint density at radius 3 is 3.00 bits per heavy atom. The summed E-state index contributed by atoms with van der Waals surface area (Å²) in [4.78, 5) is 4.00. The van der Waals surface area contributed by atoms with Crippen molar-refractivity contribution < 1.29 is 4.52 Å². The monoisotopic (exact) mass is 202 g/mol. The molecule has 6 heteroatoms. The summed E-state index contributed by atoms with van der Waals surface area (Å²) in [5, 5.41) is 4.36. The van der Waals surface area contributed by atoms with Crippen LogP contribution in [0.4, 0.5) is 6.01 Å². The lowest BCUT2D eigenvalue weighted by atomic mass is 10.4. The van der Waals surface area contributed by atoms with Crippen molar-refractivity contribution >= 4 is 17.8 Å². The maximum atomic E-state index is 5.09. The van der Waals surface area contributed by atoms with Crippen LogP contribution in [0.5, 0.6) is 0 Å². The second kappa shape index (κ2) is 5.08. The summed E-state index contributed by atoms with van der Waals surface area (Å²) in [6, 6.07) is 0.264. The Kier molecular flexibility index (Phi) is 4.04. The first-order chi connectivity index (χ1) is 6.26. The van der Waals surface area contributed by atoms with Crippen LogP contribution in [0.3, 0.4) is 0 Å². The molecule has 0 aliphatic carbocycles. The quantitative estimate of drug-likeness (QED) is 0.555. The lowest BCUT2D eigenvalue weighted by Crippen LogP contribution is -2.06. The van der Waals surface area contributed by atoms with Gasteiger partial charge in [-0.25, -0.2) is 5.84 Å². The zero-order chi connectivity index (χ0) is 9.68. The van der Waals surface area contributed by atoms with Crippen molar-refractivity contribution in [1.29, 1.82) is 0 Å². The molecule has 5 nitrogen and oxygen atoms in total. The van der Waals surface area contributed by atoms with Crippen molar-refractivity contribution in [1.82, 2.24) is 10.1 Å². The van der Waals surface area contributed by atoms with Gasteiger partial charge < -0.3 is 4.52 Å². The van der Waals surface area contributed by atoms with Crippen LogP contribution in [0.25, 0.3) is 0 Å². The molecule has 0 aliphatic heterocycles. The summed E-state index contributed by atoms with van der Waals surface area (Å²) in [6.07, 6.45) is 1.14. The fourth-order valence-corrected chi connectivity index (χ4v) is 1.49. The average molecular weight is 202 g/mol. The molecule has 74 valence electrons. The number of hydrazine groups is 1. The number of nitrogens with zero attached hydrogens (tertiary/aromatic N) is 2. The Hall–Kier alpha value is -0.750. The molecule has 0 saturated heterocycles. The number of anilines is 1. The minimum Gasteiger partial charge on any atom is -0.314 e. The molecule has 1 rings (SSSR count). The average Bonchev–Trinajstić information content (AvgIpc) is 2.61. The molecule has 0 amide bonds. The normalized spacial score (nSPS) is 12.8. The van der Waals surface area contributed by atoms with Crippen molar-refractivity contribution in [2.24, 2.45) is 5.84 Å². The van der Waals surface area contributed by atoms with E-state index in [1.807, 2.05) is 0 Å². The van der Waals surface area contributed by atoms with Gasteiger partial charge in [0.15, 0.2) is 5.82 Å². The molecule has 0 saturated carbocycles. The number of nitrogens with one attached hydrogen (secondary N) is 1. The van der Waals surface area contributed by atoms with Gasteiger partial charge in [-0.1, -0.05) is 19.0 Å². The Balaban J connectivity index is 2.36. The van der Waals surface area contributed by atoms with Gasteiger partial charge in [-0.3, -0.25) is 5.43 Å². The highest BCUT2D eigenvalue weighted by molar-refractivity contribution is 7.99. The molecule has 0 fully saturated rings. The predicted octanol–water partition coefficient (Wildman–Crippen LogP) is 1.39. The SMILES string of the molecule is CCC(C)SCc1noc(NN)n1. The molecule has 0 spiro atoms. The number of rotatable bonds is 5. The van der Waals surface area contributed by atoms with Crippen LogP contribution in [0.15, 0.2) is 4.52 Å². The number of nitrogens with two attached hydrogens (primary N) is 1. The lowest BCUT2D eigenvalue weighted by Gasteiger charge is -2.04. The number of nitrogen functional groups attached to an aromatic ring is 1. The Morgan fingerprint density at radius 1 is 1.69 bits per heavy atom. The van der Waals surface area contributed by atoms with Crippen LogP contribution in [-0.2, 0) is 5.75 Å². The molecule has 0 aliphatic rings. The van der Waals surface area contributed by atoms with Gasteiger partial charge in [0.25, 0.3) is 0 Å². The highest BCUT2D eigenvalue weighted by atomic mass is 32.2. The van der Waals surface area contributed by atoms with Crippen molar-refractivity contribution in [2.45, 2.75) is 31.3 Å². The summed E-state index contributed by atoms with van der Waals surface area (Å²) in [5.41, 5.74) is 2.30. The topological polar surface area (TPSA) is 77.0 Å². The molecule has 0 aromatic carbocycles. The van der Waals surface area contributed by atoms with Gasteiger partial charge >= 0.3 is 6.01 Å². The molecular weight excluding hydrogens is 188 g/mol. The first-order valence-corrected chi connectivity index (χ1v) is 5.22. The third kappa shape index (κ3) is 3.23. The fraction of sp³-hybridized carbons (Fsp3) is 0.714. The summed E-state index contributed by atoms with van der Waals surface area (Å²) in [7, 11) is 0. The van der Waals surface area contributed by atoms with Gasteiger partial charge in [-0.2, -0.15) is 16.7 Å². The standard InChI is InChI=1S/C7H14N4OS/c1-3-5(2)13-4-6-9-7(10-8)12-11-6/h5H,3-4,8H2,1-2H3,(H,9,10,11). The minimum absolute atomic E-state index is 0.264. The first kappa shape index (κ1) is 10.3. The zero-order valence-corrected chi connectivity index (χ0v) is 8.60. The zero-order valence-electron chi connectivity index (χ0n) is 7.78. The smallest absolute Gasteiger partial charge is 0.314 e. The van der Waals surface area contributed by atoms with E-state index in [1.54, 1.807) is 11.8 Å². The van der Waals surface area contributed by atoms with Crippen molar-refractivity contribution in [2.75, 3.05) is 5.43 Å². The maximum absolute atomic E-state index is 5.09. The molecule has 0 radical (unpaired) electrons. The van der Waals surface area contributed by atoms with Crippen LogP contribution < -0.4 is 11.3 Å². The Morgan fingerprint density at radius 2 is 2.46 bits per heavy atom. The van der Waals surface area contributed by atoms with Crippen LogP contribution >= 0.6 is 11.8 Å². The van der Waals surface area contributed by atoms with E-state index in [9.17, 15) is 0 Å². The van der Waals surface area contributed by atoms with E-state index in [0.29, 0.717) is 11.1 Å². The van der Waals surface area contributed by atoms with E-state index in [0.717, 1.165) is 12.2 Å². The second-order valence-corrected chi connectivity index (χ2v) is 4.12. The summed E-state index contributed by atoms with van der Waals surface area (Å²) in [6.45, 7) is 4.33. The van der Waals surface area contributed by atoms with Gasteiger partial charge in [0, 0.05) is 5.25 Å². The van der Waals surface area contributed by atoms with E-state index in [1.165, 1.54) is 0 Å². The molecule has 1 atom stereocenters. The van der Waals surface area contributed by atoms with Crippen LogP contribution in [0.2, 0.25) is 0 Å². The van der Waals surface area contributed by atoms with Crippen LogP contribution in [-0.4, -0.2) is 15.4 Å². The highest BCUT2D eigenvalue weighted by Gasteiger charge is 2.06. The summed E-state index contributed by atoms with van der Waals surface area (Å²) in [5.74, 6) is 6.54. The third-order valence-corrected chi connectivity index (χ3v) is 2.99. The van der Waals surface area contributed by atoms with Crippen LogP contribution in [0.1, 0.15) is 26.1 Å². The second-order valence-electron chi connectivity index (χ2n) is 2.69. The Bertz CT molecular complexity index is 252. The van der Waals surface area contributed by atoms with Gasteiger partial charge in [0.1, 0.15) is 0 Å². The molecule has 1 aromatic rings. The van der Waals surface area contributed by atoms with Gasteiger partial charge in [-0.05, 0) is 6.42 Å². The predicted molar refractivity (Wildman–Crippen MR) is 53.2 cm³/mol. The number of hydrogen-bond donors (Lipinski definition) is 2. The first-order valence-electron chi connectivity index (χ1n) is 4.17. The summed E-state index contributed by atoms with van der Waals surface area (Å²) < 4.78 is 4.77. The van der Waals surface area contributed by atoms with Gasteiger partial charge in [-0.15, -0.1) is 0 Å². The number of aromatic nitrogens is 2. The van der Waals surface area contributed by atoms with Crippen LogP contribution in [0, 0.1) is 0 Å². The number of hydrogen-bond acceptors (Lipinski definition) is 6. The van der Waals surface area contributed by atoms with Crippen molar-refractivity contribution in [3.8, 4) is 0 Å². The van der Waals surface area contributed by atoms with E-state index in [4.69, 9.17) is 10.4 Å². The molecule has 13 heavy (non-hydrogen) atoms. The number of thioether (sulfide) groups is 1. The summed E-state index contributed by atoms with van der Waals surface area (Å²) >= 11 is 1.80. The van der Waals surface area contributed by atoms with E-state index >= 15 is 0 Å². The third-order valence-electron chi connectivity index (χ3n) is 1.66. The van der Waals surface area contributed by atoms with E-state index in [-0.39, 0.29) is 6.01 Å². The fourth-order valence-electron chi connectivity index (χ4n) is 0.706. The molecule has 0 bridgehead atoms.